The molecule has 0 spiro atoms. The lowest BCUT2D eigenvalue weighted by atomic mass is 10.2. The lowest BCUT2D eigenvalue weighted by Gasteiger charge is -2.14. The van der Waals surface area contributed by atoms with Crippen LogP contribution in [0, 0.1) is 0 Å². The topological polar surface area (TPSA) is 29.1 Å². The third-order valence-electron chi connectivity index (χ3n) is 2.56. The molecule has 0 radical (unpaired) electrons. The first-order chi connectivity index (χ1) is 8.49. The van der Waals surface area contributed by atoms with Crippen molar-refractivity contribution in [2.45, 2.75) is 25.7 Å². The van der Waals surface area contributed by atoms with Gasteiger partial charge >= 0.3 is 0 Å². The summed E-state index contributed by atoms with van der Waals surface area (Å²) in [4.78, 5) is 11.7. The number of rotatable bonds is 7. The number of benzene rings is 1. The first kappa shape index (κ1) is 15.3. The molecule has 1 N–H and O–H groups in total. The molecule has 1 rings (SSSR count). The maximum Gasteiger partial charge on any atom is 0.251 e. The van der Waals surface area contributed by atoms with E-state index < -0.39 is 8.07 Å². The summed E-state index contributed by atoms with van der Waals surface area (Å²) in [7, 11) is -0.900. The largest absolute Gasteiger partial charge is 0.351 e. The highest BCUT2D eigenvalue weighted by atomic mass is 32.2. The molecule has 0 aliphatic heterocycles. The minimum atomic E-state index is -0.900. The van der Waals surface area contributed by atoms with Crippen molar-refractivity contribution in [2.75, 3.05) is 18.1 Å². The fraction of sp³-hybridized carbons (Fsp3) is 0.500. The van der Waals surface area contributed by atoms with E-state index in [0.717, 1.165) is 17.9 Å². The normalized spacial score (nSPS) is 11.3. The molecule has 2 nitrogen and oxygen atoms in total. The summed E-state index contributed by atoms with van der Waals surface area (Å²) in [6.07, 6.45) is 0. The van der Waals surface area contributed by atoms with Crippen molar-refractivity contribution in [3.05, 3.63) is 35.9 Å². The van der Waals surface area contributed by atoms with E-state index in [1.807, 2.05) is 42.1 Å². The zero-order valence-corrected chi connectivity index (χ0v) is 13.3. The smallest absolute Gasteiger partial charge is 0.251 e. The van der Waals surface area contributed by atoms with Crippen molar-refractivity contribution in [2.24, 2.45) is 0 Å². The van der Waals surface area contributed by atoms with Crippen molar-refractivity contribution < 1.29 is 4.79 Å². The summed E-state index contributed by atoms with van der Waals surface area (Å²) in [6, 6.07) is 10.7. The molecule has 1 amide bonds. The van der Waals surface area contributed by atoms with Crippen molar-refractivity contribution >= 4 is 25.7 Å². The standard InChI is InChI=1S/C14H23NOSSi/c1-18(2,3)12-11-17-10-9-15-14(16)13-7-5-4-6-8-13/h4-8H,9-12H2,1-3H3,(H,15,16). The molecule has 0 aromatic heterocycles. The van der Waals surface area contributed by atoms with Gasteiger partial charge in [0.2, 0.25) is 0 Å². The molecule has 18 heavy (non-hydrogen) atoms. The average Bonchev–Trinajstić information content (AvgIpc) is 2.33. The molecule has 0 aliphatic carbocycles. The van der Waals surface area contributed by atoms with E-state index in [1.54, 1.807) is 0 Å². The fourth-order valence-electron chi connectivity index (χ4n) is 1.41. The molecule has 0 bridgehead atoms. The van der Waals surface area contributed by atoms with Crippen molar-refractivity contribution in [1.29, 1.82) is 0 Å². The second kappa shape index (κ2) is 7.64. The molecular weight excluding hydrogens is 258 g/mol. The Morgan fingerprint density at radius 1 is 1.17 bits per heavy atom. The predicted octanol–water partition coefficient (Wildman–Crippen LogP) is 3.49. The molecule has 0 fully saturated rings. The maximum absolute atomic E-state index is 11.7. The Bertz CT molecular complexity index is 362. The SMILES string of the molecule is C[Si](C)(C)CCSCCNC(=O)c1ccccc1. The fourth-order valence-corrected chi connectivity index (χ4v) is 4.89. The van der Waals surface area contributed by atoms with Gasteiger partial charge in [-0.15, -0.1) is 0 Å². The average molecular weight is 281 g/mol. The van der Waals surface area contributed by atoms with Gasteiger partial charge in [-0.3, -0.25) is 4.79 Å². The third kappa shape index (κ3) is 6.86. The Labute approximate surface area is 116 Å². The summed E-state index contributed by atoms with van der Waals surface area (Å²) >= 11 is 1.94. The molecule has 0 saturated carbocycles. The van der Waals surface area contributed by atoms with Gasteiger partial charge in [0.15, 0.2) is 0 Å². The van der Waals surface area contributed by atoms with Gasteiger partial charge in [0.1, 0.15) is 0 Å². The van der Waals surface area contributed by atoms with E-state index in [4.69, 9.17) is 0 Å². The van der Waals surface area contributed by atoms with Gasteiger partial charge in [0.05, 0.1) is 0 Å². The summed E-state index contributed by atoms with van der Waals surface area (Å²) in [5, 5.41) is 2.95. The molecule has 0 atom stereocenters. The molecule has 0 unspecified atom stereocenters. The Hall–Kier alpha value is -0.743. The number of hydrogen-bond donors (Lipinski definition) is 1. The Morgan fingerprint density at radius 3 is 2.44 bits per heavy atom. The van der Waals surface area contributed by atoms with Crippen LogP contribution in [0.5, 0.6) is 0 Å². The van der Waals surface area contributed by atoms with E-state index >= 15 is 0 Å². The molecule has 1 aromatic rings. The van der Waals surface area contributed by atoms with Gasteiger partial charge in [0.25, 0.3) is 5.91 Å². The molecular formula is C14H23NOSSi. The van der Waals surface area contributed by atoms with Crippen LogP contribution in [0.3, 0.4) is 0 Å². The Balaban J connectivity index is 2.10. The van der Waals surface area contributed by atoms with Crippen molar-refractivity contribution in [1.82, 2.24) is 5.32 Å². The molecule has 0 saturated heterocycles. The van der Waals surface area contributed by atoms with Crippen LogP contribution in [0.15, 0.2) is 30.3 Å². The second-order valence-corrected chi connectivity index (χ2v) is 12.4. The minimum Gasteiger partial charge on any atom is -0.351 e. The van der Waals surface area contributed by atoms with E-state index in [1.165, 1.54) is 11.8 Å². The summed E-state index contributed by atoms with van der Waals surface area (Å²) in [5.41, 5.74) is 0.740. The van der Waals surface area contributed by atoms with Crippen LogP contribution in [0.25, 0.3) is 0 Å². The number of thioether (sulfide) groups is 1. The number of carbonyl (C=O) groups excluding carboxylic acids is 1. The van der Waals surface area contributed by atoms with Gasteiger partial charge in [-0.2, -0.15) is 11.8 Å². The van der Waals surface area contributed by atoms with Gasteiger partial charge in [-0.05, 0) is 23.9 Å². The summed E-state index contributed by atoms with van der Waals surface area (Å²) in [6.45, 7) is 7.93. The van der Waals surface area contributed by atoms with Crippen LogP contribution in [0.4, 0.5) is 0 Å². The predicted molar refractivity (Wildman–Crippen MR) is 84.3 cm³/mol. The zero-order chi connectivity index (χ0) is 13.4. The van der Waals surface area contributed by atoms with E-state index in [-0.39, 0.29) is 5.91 Å². The summed E-state index contributed by atoms with van der Waals surface area (Å²) < 4.78 is 0. The number of hydrogen-bond acceptors (Lipinski definition) is 2. The molecule has 0 heterocycles. The van der Waals surface area contributed by atoms with Crippen LogP contribution in [0.1, 0.15) is 10.4 Å². The van der Waals surface area contributed by atoms with E-state index in [0.29, 0.717) is 0 Å². The second-order valence-electron chi connectivity index (χ2n) is 5.54. The van der Waals surface area contributed by atoms with Gasteiger partial charge in [-0.1, -0.05) is 37.8 Å². The quantitative estimate of drug-likeness (QED) is 0.612. The molecule has 100 valence electrons. The zero-order valence-electron chi connectivity index (χ0n) is 11.5. The minimum absolute atomic E-state index is 0.0291. The molecule has 4 heteroatoms. The Kier molecular flexibility index (Phi) is 6.50. The van der Waals surface area contributed by atoms with Crippen LogP contribution >= 0.6 is 11.8 Å². The molecule has 1 aromatic carbocycles. The maximum atomic E-state index is 11.7. The van der Waals surface area contributed by atoms with E-state index in [9.17, 15) is 4.79 Å². The van der Waals surface area contributed by atoms with Crippen molar-refractivity contribution in [3.8, 4) is 0 Å². The van der Waals surface area contributed by atoms with Crippen LogP contribution in [-0.4, -0.2) is 32.0 Å². The lowest BCUT2D eigenvalue weighted by Crippen LogP contribution is -2.26. The highest BCUT2D eigenvalue weighted by molar-refractivity contribution is 7.99. The first-order valence-electron chi connectivity index (χ1n) is 6.40. The van der Waals surface area contributed by atoms with E-state index in [2.05, 4.69) is 25.0 Å². The Morgan fingerprint density at radius 2 is 1.83 bits per heavy atom. The lowest BCUT2D eigenvalue weighted by molar-refractivity contribution is 0.0956. The van der Waals surface area contributed by atoms with Crippen molar-refractivity contribution in [3.63, 3.8) is 0 Å². The third-order valence-corrected chi connectivity index (χ3v) is 5.66. The van der Waals surface area contributed by atoms with Crippen LogP contribution in [0.2, 0.25) is 25.7 Å². The van der Waals surface area contributed by atoms with Gasteiger partial charge < -0.3 is 5.32 Å². The first-order valence-corrected chi connectivity index (χ1v) is 11.3. The molecule has 0 aliphatic rings. The highest BCUT2D eigenvalue weighted by Gasteiger charge is 2.11. The van der Waals surface area contributed by atoms with Gasteiger partial charge in [-0.25, -0.2) is 0 Å². The summed E-state index contributed by atoms with van der Waals surface area (Å²) in [5.74, 6) is 2.25. The van der Waals surface area contributed by atoms with Crippen LogP contribution in [-0.2, 0) is 0 Å². The highest BCUT2D eigenvalue weighted by Crippen LogP contribution is 2.13. The number of amides is 1. The monoisotopic (exact) mass is 281 g/mol. The van der Waals surface area contributed by atoms with Gasteiger partial charge in [0, 0.05) is 25.9 Å². The van der Waals surface area contributed by atoms with Crippen LogP contribution < -0.4 is 5.32 Å². The number of carbonyl (C=O) groups is 1. The number of nitrogens with one attached hydrogen (secondary N) is 1.